The van der Waals surface area contributed by atoms with Crippen LogP contribution in [0.4, 0.5) is 5.82 Å². The molecule has 5 heteroatoms. The maximum atomic E-state index is 11.8. The number of nitrogens with zero attached hydrogens (tertiary/aromatic N) is 3. The van der Waals surface area contributed by atoms with Crippen molar-refractivity contribution in [1.29, 1.82) is 5.26 Å². The molecule has 2 heterocycles. The zero-order valence-corrected chi connectivity index (χ0v) is 10.6. The van der Waals surface area contributed by atoms with E-state index in [0.29, 0.717) is 17.9 Å². The van der Waals surface area contributed by atoms with Crippen LogP contribution < -0.4 is 10.2 Å². The van der Waals surface area contributed by atoms with Gasteiger partial charge in [0.05, 0.1) is 11.6 Å². The molecular weight excluding hydrogens is 228 g/mol. The monoisotopic (exact) mass is 244 g/mol. The summed E-state index contributed by atoms with van der Waals surface area (Å²) in [5, 5.41) is 11.8. The highest BCUT2D eigenvalue weighted by Gasteiger charge is 2.29. The Labute approximate surface area is 106 Å². The van der Waals surface area contributed by atoms with Crippen molar-refractivity contribution < 1.29 is 4.79 Å². The number of carbonyl (C=O) groups excluding carboxylic acids is 1. The molecule has 0 saturated carbocycles. The minimum absolute atomic E-state index is 0.0329. The smallest absolute Gasteiger partial charge is 0.242 e. The number of amides is 1. The van der Waals surface area contributed by atoms with E-state index < -0.39 is 0 Å². The van der Waals surface area contributed by atoms with Crippen LogP contribution in [0.5, 0.6) is 0 Å². The summed E-state index contributed by atoms with van der Waals surface area (Å²) in [6.07, 6.45) is 0.726. The first-order valence-corrected chi connectivity index (χ1v) is 6.09. The Morgan fingerprint density at radius 2 is 2.39 bits per heavy atom. The molecule has 1 N–H and O–H groups in total. The first-order valence-electron chi connectivity index (χ1n) is 6.09. The molecule has 0 aliphatic carbocycles. The summed E-state index contributed by atoms with van der Waals surface area (Å²) in [6, 6.07) is 5.42. The van der Waals surface area contributed by atoms with E-state index in [1.165, 1.54) is 0 Å². The molecule has 2 rings (SSSR count). The van der Waals surface area contributed by atoms with Crippen molar-refractivity contribution in [1.82, 2.24) is 10.3 Å². The fourth-order valence-corrected chi connectivity index (χ4v) is 2.26. The van der Waals surface area contributed by atoms with Crippen LogP contribution in [0.25, 0.3) is 0 Å². The summed E-state index contributed by atoms with van der Waals surface area (Å²) < 4.78 is 0. The molecule has 1 aromatic rings. The summed E-state index contributed by atoms with van der Waals surface area (Å²) in [4.78, 5) is 18.2. The zero-order valence-electron chi connectivity index (χ0n) is 10.6. The second-order valence-electron chi connectivity index (χ2n) is 4.38. The standard InChI is InChI=1S/C13H16N4O/c1-3-11-13(18)15-4-5-17(11)12-7-10(8-14)6-9(2)16-12/h6-7,11H,3-5H2,1-2H3,(H,15,18). The van der Waals surface area contributed by atoms with Crippen LogP contribution in [0.3, 0.4) is 0 Å². The fourth-order valence-electron chi connectivity index (χ4n) is 2.26. The van der Waals surface area contributed by atoms with E-state index in [0.717, 1.165) is 18.7 Å². The summed E-state index contributed by atoms with van der Waals surface area (Å²) in [6.45, 7) is 5.18. The van der Waals surface area contributed by atoms with Gasteiger partial charge in [0.25, 0.3) is 0 Å². The maximum Gasteiger partial charge on any atom is 0.242 e. The average molecular weight is 244 g/mol. The van der Waals surface area contributed by atoms with Gasteiger partial charge in [-0.25, -0.2) is 4.98 Å². The number of hydrogen-bond acceptors (Lipinski definition) is 4. The van der Waals surface area contributed by atoms with Gasteiger partial charge in [-0.3, -0.25) is 4.79 Å². The summed E-state index contributed by atoms with van der Waals surface area (Å²) >= 11 is 0. The van der Waals surface area contributed by atoms with Gasteiger partial charge >= 0.3 is 0 Å². The van der Waals surface area contributed by atoms with Crippen LogP contribution >= 0.6 is 0 Å². The predicted molar refractivity (Wildman–Crippen MR) is 68.1 cm³/mol. The van der Waals surface area contributed by atoms with Crippen molar-refractivity contribution in [2.24, 2.45) is 0 Å². The molecule has 5 nitrogen and oxygen atoms in total. The van der Waals surface area contributed by atoms with E-state index in [1.807, 2.05) is 18.7 Å². The van der Waals surface area contributed by atoms with Crippen LogP contribution in [0.1, 0.15) is 24.6 Å². The van der Waals surface area contributed by atoms with E-state index in [-0.39, 0.29) is 11.9 Å². The van der Waals surface area contributed by atoms with Crippen molar-refractivity contribution >= 4 is 11.7 Å². The molecule has 1 aromatic heterocycles. The molecule has 1 atom stereocenters. The van der Waals surface area contributed by atoms with Crippen molar-refractivity contribution in [3.63, 3.8) is 0 Å². The third-order valence-electron chi connectivity index (χ3n) is 3.08. The summed E-state index contributed by atoms with van der Waals surface area (Å²) in [5.41, 5.74) is 1.38. The molecule has 0 radical (unpaired) electrons. The molecule has 1 unspecified atom stereocenters. The number of hydrogen-bond donors (Lipinski definition) is 1. The molecule has 1 saturated heterocycles. The lowest BCUT2D eigenvalue weighted by Gasteiger charge is -2.35. The number of piperazine rings is 1. The number of pyridine rings is 1. The number of nitrogens with one attached hydrogen (secondary N) is 1. The Bertz CT molecular complexity index is 506. The molecule has 1 amide bonds. The number of nitriles is 1. The number of carbonyl (C=O) groups is 1. The van der Waals surface area contributed by atoms with E-state index in [2.05, 4.69) is 16.4 Å². The van der Waals surface area contributed by atoms with Gasteiger partial charge in [-0.2, -0.15) is 5.26 Å². The van der Waals surface area contributed by atoms with Crippen molar-refractivity contribution in [2.75, 3.05) is 18.0 Å². The molecule has 94 valence electrons. The lowest BCUT2D eigenvalue weighted by atomic mass is 10.1. The Morgan fingerprint density at radius 3 is 3.06 bits per heavy atom. The lowest BCUT2D eigenvalue weighted by Crippen LogP contribution is -2.55. The predicted octanol–water partition coefficient (Wildman–Crippen LogP) is 0.977. The first kappa shape index (κ1) is 12.4. The van der Waals surface area contributed by atoms with Gasteiger partial charge in [0, 0.05) is 18.8 Å². The second kappa shape index (κ2) is 5.05. The van der Waals surface area contributed by atoms with Crippen LogP contribution in [0.15, 0.2) is 12.1 Å². The highest BCUT2D eigenvalue weighted by molar-refractivity contribution is 5.86. The van der Waals surface area contributed by atoms with Gasteiger partial charge in [0.2, 0.25) is 5.91 Å². The quantitative estimate of drug-likeness (QED) is 0.842. The van der Waals surface area contributed by atoms with Crippen LogP contribution in [-0.2, 0) is 4.79 Å². The molecular formula is C13H16N4O. The Hall–Kier alpha value is -2.09. The third kappa shape index (κ3) is 2.28. The van der Waals surface area contributed by atoms with Gasteiger partial charge in [0.1, 0.15) is 11.9 Å². The Kier molecular flexibility index (Phi) is 3.47. The number of anilines is 1. The van der Waals surface area contributed by atoms with Crippen molar-refractivity contribution in [3.05, 3.63) is 23.4 Å². The van der Waals surface area contributed by atoms with E-state index >= 15 is 0 Å². The van der Waals surface area contributed by atoms with Gasteiger partial charge in [-0.1, -0.05) is 6.92 Å². The molecule has 1 aliphatic rings. The molecule has 1 aliphatic heterocycles. The maximum absolute atomic E-state index is 11.8. The average Bonchev–Trinajstić information content (AvgIpc) is 2.37. The highest BCUT2D eigenvalue weighted by atomic mass is 16.2. The molecule has 18 heavy (non-hydrogen) atoms. The van der Waals surface area contributed by atoms with Crippen molar-refractivity contribution in [3.8, 4) is 6.07 Å². The van der Waals surface area contributed by atoms with E-state index in [1.54, 1.807) is 12.1 Å². The lowest BCUT2D eigenvalue weighted by molar-refractivity contribution is -0.123. The van der Waals surface area contributed by atoms with E-state index in [9.17, 15) is 4.79 Å². The van der Waals surface area contributed by atoms with Gasteiger partial charge < -0.3 is 10.2 Å². The zero-order chi connectivity index (χ0) is 13.1. The molecule has 0 bridgehead atoms. The minimum atomic E-state index is -0.195. The van der Waals surface area contributed by atoms with Crippen LogP contribution in [0, 0.1) is 18.3 Å². The molecule has 0 spiro atoms. The Balaban J connectivity index is 2.37. The normalized spacial score (nSPS) is 19.3. The van der Waals surface area contributed by atoms with Gasteiger partial charge in [-0.15, -0.1) is 0 Å². The number of rotatable bonds is 2. The Morgan fingerprint density at radius 1 is 1.61 bits per heavy atom. The van der Waals surface area contributed by atoms with Gasteiger partial charge in [-0.05, 0) is 25.5 Å². The van der Waals surface area contributed by atoms with Crippen LogP contribution in [-0.4, -0.2) is 30.0 Å². The topological polar surface area (TPSA) is 69.0 Å². The summed E-state index contributed by atoms with van der Waals surface area (Å²) in [7, 11) is 0. The van der Waals surface area contributed by atoms with Gasteiger partial charge in [0.15, 0.2) is 0 Å². The largest absolute Gasteiger partial charge is 0.353 e. The minimum Gasteiger partial charge on any atom is -0.353 e. The first-order chi connectivity index (χ1) is 8.65. The number of aryl methyl sites for hydroxylation is 1. The van der Waals surface area contributed by atoms with Crippen LogP contribution in [0.2, 0.25) is 0 Å². The summed E-state index contributed by atoms with van der Waals surface area (Å²) in [5.74, 6) is 0.749. The molecule has 0 aromatic carbocycles. The fraction of sp³-hybridized carbons (Fsp3) is 0.462. The molecule has 1 fully saturated rings. The number of aromatic nitrogens is 1. The van der Waals surface area contributed by atoms with Crippen molar-refractivity contribution in [2.45, 2.75) is 26.3 Å². The second-order valence-corrected chi connectivity index (χ2v) is 4.38. The highest BCUT2D eigenvalue weighted by Crippen LogP contribution is 2.20. The third-order valence-corrected chi connectivity index (χ3v) is 3.08. The van der Waals surface area contributed by atoms with E-state index in [4.69, 9.17) is 5.26 Å². The SMILES string of the molecule is CCC1C(=O)NCCN1c1cc(C#N)cc(C)n1.